The van der Waals surface area contributed by atoms with Gasteiger partial charge in [-0.2, -0.15) is 4.98 Å². The van der Waals surface area contributed by atoms with Gasteiger partial charge in [0.15, 0.2) is 6.61 Å². The van der Waals surface area contributed by atoms with Crippen molar-refractivity contribution in [2.75, 3.05) is 29.9 Å². The van der Waals surface area contributed by atoms with Gasteiger partial charge in [0.2, 0.25) is 11.8 Å². The Morgan fingerprint density at radius 1 is 1.38 bits per heavy atom. The number of aromatic nitrogens is 2. The minimum atomic E-state index is -0.486. The molecule has 0 unspecified atom stereocenters. The number of hydrogen-bond donors (Lipinski definition) is 1. The first-order chi connectivity index (χ1) is 12.5. The summed E-state index contributed by atoms with van der Waals surface area (Å²) in [6.45, 7) is 5.66. The van der Waals surface area contributed by atoms with E-state index in [4.69, 9.17) is 4.74 Å². The number of carbonyl (C=O) groups is 1. The van der Waals surface area contributed by atoms with Crippen LogP contribution in [0.25, 0.3) is 0 Å². The third kappa shape index (κ3) is 4.68. The van der Waals surface area contributed by atoms with Crippen molar-refractivity contribution in [2.45, 2.75) is 26.7 Å². The summed E-state index contributed by atoms with van der Waals surface area (Å²) in [5, 5.41) is 2.49. The summed E-state index contributed by atoms with van der Waals surface area (Å²) >= 11 is 0. The standard InChI is InChI=1S/C19H23FN4O2/c1-13-6-5-9-24(11-13)19-21-14(2)10-18(23-19)26-12-17(25)22-16-8-4-3-7-15(16)20/h3-4,7-8,10,13H,5-6,9,11-12H2,1-2H3,(H,22,25)/t13-/m0/s1. The van der Waals surface area contributed by atoms with Gasteiger partial charge in [-0.15, -0.1) is 0 Å². The minimum Gasteiger partial charge on any atom is -0.467 e. The molecule has 7 heteroatoms. The maximum absolute atomic E-state index is 13.6. The summed E-state index contributed by atoms with van der Waals surface area (Å²) in [7, 11) is 0. The second-order valence-corrected chi connectivity index (χ2v) is 6.66. The Labute approximate surface area is 152 Å². The molecule has 1 fully saturated rings. The van der Waals surface area contributed by atoms with Crippen LogP contribution in [0.4, 0.5) is 16.0 Å². The second-order valence-electron chi connectivity index (χ2n) is 6.66. The van der Waals surface area contributed by atoms with Crippen molar-refractivity contribution in [2.24, 2.45) is 5.92 Å². The van der Waals surface area contributed by atoms with Crippen molar-refractivity contribution in [3.63, 3.8) is 0 Å². The van der Waals surface area contributed by atoms with Gasteiger partial charge in [-0.3, -0.25) is 4.79 Å². The van der Waals surface area contributed by atoms with E-state index in [9.17, 15) is 9.18 Å². The number of ether oxygens (including phenoxy) is 1. The first kappa shape index (κ1) is 18.1. The molecule has 0 radical (unpaired) electrons. The monoisotopic (exact) mass is 358 g/mol. The molecule has 1 N–H and O–H groups in total. The number of anilines is 2. The molecule has 1 aliphatic heterocycles. The summed E-state index contributed by atoms with van der Waals surface area (Å²) in [5.41, 5.74) is 0.903. The number of benzene rings is 1. The van der Waals surface area contributed by atoms with Crippen molar-refractivity contribution in [3.8, 4) is 5.88 Å². The number of halogens is 1. The van der Waals surface area contributed by atoms with Crippen molar-refractivity contribution in [1.29, 1.82) is 0 Å². The number of aryl methyl sites for hydroxylation is 1. The molecule has 1 atom stereocenters. The van der Waals surface area contributed by atoms with Crippen molar-refractivity contribution >= 4 is 17.5 Å². The third-order valence-electron chi connectivity index (χ3n) is 4.26. The highest BCUT2D eigenvalue weighted by Crippen LogP contribution is 2.22. The average Bonchev–Trinajstić information content (AvgIpc) is 2.61. The Bertz CT molecular complexity index is 784. The van der Waals surface area contributed by atoms with E-state index in [1.807, 2.05) is 6.92 Å². The Hall–Kier alpha value is -2.70. The molecule has 0 bridgehead atoms. The SMILES string of the molecule is Cc1cc(OCC(=O)Nc2ccccc2F)nc(N2CCC[C@H](C)C2)n1. The molecule has 2 heterocycles. The molecular formula is C19H23FN4O2. The van der Waals surface area contributed by atoms with Crippen molar-refractivity contribution in [1.82, 2.24) is 9.97 Å². The fourth-order valence-electron chi connectivity index (χ4n) is 3.00. The van der Waals surface area contributed by atoms with E-state index in [1.165, 1.54) is 18.6 Å². The minimum absolute atomic E-state index is 0.128. The zero-order valence-corrected chi connectivity index (χ0v) is 15.0. The van der Waals surface area contributed by atoms with Crippen LogP contribution in [0.5, 0.6) is 5.88 Å². The van der Waals surface area contributed by atoms with E-state index >= 15 is 0 Å². The number of rotatable bonds is 5. The number of nitrogens with zero attached hydrogens (tertiary/aromatic N) is 3. The van der Waals surface area contributed by atoms with Crippen LogP contribution >= 0.6 is 0 Å². The van der Waals surface area contributed by atoms with Gasteiger partial charge < -0.3 is 15.0 Å². The zero-order chi connectivity index (χ0) is 18.5. The molecule has 2 aromatic rings. The number of hydrogen-bond acceptors (Lipinski definition) is 5. The lowest BCUT2D eigenvalue weighted by atomic mass is 10.0. The predicted molar refractivity (Wildman–Crippen MR) is 97.9 cm³/mol. The fourth-order valence-corrected chi connectivity index (χ4v) is 3.00. The Kier molecular flexibility index (Phi) is 5.65. The quantitative estimate of drug-likeness (QED) is 0.889. The molecule has 1 aromatic carbocycles. The van der Waals surface area contributed by atoms with Gasteiger partial charge in [-0.1, -0.05) is 19.1 Å². The maximum atomic E-state index is 13.6. The molecule has 1 saturated heterocycles. The zero-order valence-electron chi connectivity index (χ0n) is 15.0. The first-order valence-corrected chi connectivity index (χ1v) is 8.79. The molecule has 138 valence electrons. The normalized spacial score (nSPS) is 17.0. The van der Waals surface area contributed by atoms with E-state index in [0.717, 1.165) is 25.2 Å². The Morgan fingerprint density at radius 3 is 2.96 bits per heavy atom. The number of amides is 1. The van der Waals surface area contributed by atoms with E-state index < -0.39 is 11.7 Å². The van der Waals surface area contributed by atoms with Gasteiger partial charge in [0.25, 0.3) is 5.91 Å². The molecule has 0 aliphatic carbocycles. The highest BCUT2D eigenvalue weighted by molar-refractivity contribution is 5.91. The molecule has 0 saturated carbocycles. The summed E-state index contributed by atoms with van der Waals surface area (Å²) in [5.74, 6) is 0.638. The Balaban J connectivity index is 1.62. The lowest BCUT2D eigenvalue weighted by Gasteiger charge is -2.31. The molecular weight excluding hydrogens is 335 g/mol. The van der Waals surface area contributed by atoms with Gasteiger partial charge in [0, 0.05) is 24.8 Å². The van der Waals surface area contributed by atoms with Crippen LogP contribution in [0.15, 0.2) is 30.3 Å². The van der Waals surface area contributed by atoms with Crippen LogP contribution in [0.2, 0.25) is 0 Å². The van der Waals surface area contributed by atoms with Crippen LogP contribution in [-0.4, -0.2) is 35.6 Å². The summed E-state index contributed by atoms with van der Waals surface area (Å²) in [6.07, 6.45) is 2.32. The fraction of sp³-hybridized carbons (Fsp3) is 0.421. The third-order valence-corrected chi connectivity index (χ3v) is 4.26. The van der Waals surface area contributed by atoms with Crippen LogP contribution in [-0.2, 0) is 4.79 Å². The van der Waals surface area contributed by atoms with E-state index in [1.54, 1.807) is 18.2 Å². The lowest BCUT2D eigenvalue weighted by Crippen LogP contribution is -2.35. The van der Waals surface area contributed by atoms with Crippen LogP contribution in [0, 0.1) is 18.7 Å². The summed E-state index contributed by atoms with van der Waals surface area (Å²) < 4.78 is 19.1. The average molecular weight is 358 g/mol. The van der Waals surface area contributed by atoms with E-state index in [2.05, 4.69) is 27.1 Å². The molecule has 1 aliphatic rings. The molecule has 1 amide bonds. The topological polar surface area (TPSA) is 67.3 Å². The smallest absolute Gasteiger partial charge is 0.262 e. The van der Waals surface area contributed by atoms with Gasteiger partial charge in [-0.25, -0.2) is 9.37 Å². The number of para-hydroxylation sites is 1. The van der Waals surface area contributed by atoms with Gasteiger partial charge in [-0.05, 0) is 37.8 Å². The van der Waals surface area contributed by atoms with Gasteiger partial charge >= 0.3 is 0 Å². The van der Waals surface area contributed by atoms with E-state index in [0.29, 0.717) is 17.7 Å². The number of piperidine rings is 1. The molecule has 1 aromatic heterocycles. The number of nitrogens with one attached hydrogen (secondary N) is 1. The maximum Gasteiger partial charge on any atom is 0.262 e. The van der Waals surface area contributed by atoms with Gasteiger partial charge in [0.1, 0.15) is 5.82 Å². The lowest BCUT2D eigenvalue weighted by molar-refractivity contribution is -0.118. The number of carbonyl (C=O) groups excluding carboxylic acids is 1. The highest BCUT2D eigenvalue weighted by Gasteiger charge is 2.19. The van der Waals surface area contributed by atoms with E-state index in [-0.39, 0.29) is 12.3 Å². The van der Waals surface area contributed by atoms with Crippen LogP contribution in [0.1, 0.15) is 25.5 Å². The Morgan fingerprint density at radius 2 is 2.19 bits per heavy atom. The highest BCUT2D eigenvalue weighted by atomic mass is 19.1. The molecule has 0 spiro atoms. The molecule has 26 heavy (non-hydrogen) atoms. The van der Waals surface area contributed by atoms with Gasteiger partial charge in [0.05, 0.1) is 5.69 Å². The molecule has 6 nitrogen and oxygen atoms in total. The summed E-state index contributed by atoms with van der Waals surface area (Å²) in [6, 6.07) is 7.69. The first-order valence-electron chi connectivity index (χ1n) is 8.79. The van der Waals surface area contributed by atoms with Crippen LogP contribution in [0.3, 0.4) is 0 Å². The van der Waals surface area contributed by atoms with Crippen molar-refractivity contribution in [3.05, 3.63) is 41.8 Å². The second kappa shape index (κ2) is 8.12. The largest absolute Gasteiger partial charge is 0.467 e. The predicted octanol–water partition coefficient (Wildman–Crippen LogP) is 3.18. The van der Waals surface area contributed by atoms with Crippen LogP contribution < -0.4 is 15.0 Å². The molecule has 3 rings (SSSR count). The van der Waals surface area contributed by atoms with Crippen molar-refractivity contribution < 1.29 is 13.9 Å². The summed E-state index contributed by atoms with van der Waals surface area (Å²) in [4.78, 5) is 23.1.